The fourth-order valence-electron chi connectivity index (χ4n) is 1.21. The highest BCUT2D eigenvalue weighted by molar-refractivity contribution is 7.84. The van der Waals surface area contributed by atoms with Crippen molar-refractivity contribution >= 4 is 28.1 Å². The minimum absolute atomic E-state index is 0.112. The molecule has 17 heavy (non-hydrogen) atoms. The molecular weight excluding hydrogens is 244 g/mol. The van der Waals surface area contributed by atoms with Gasteiger partial charge in [-0.15, -0.1) is 0 Å². The number of anilines is 2. The third kappa shape index (κ3) is 4.35. The summed E-state index contributed by atoms with van der Waals surface area (Å²) in [4.78, 5) is 13.8. The summed E-state index contributed by atoms with van der Waals surface area (Å²) in [6, 6.07) is 2.81. The highest BCUT2D eigenvalue weighted by Crippen LogP contribution is 2.20. The predicted octanol–water partition coefficient (Wildman–Crippen LogP) is 0.753. The molecule has 0 aliphatic rings. The van der Waals surface area contributed by atoms with Crippen molar-refractivity contribution < 1.29 is 9.13 Å². The lowest BCUT2D eigenvalue weighted by Gasteiger charge is -2.05. The second kappa shape index (κ2) is 6.14. The van der Waals surface area contributed by atoms with Gasteiger partial charge < -0.3 is 11.1 Å². The van der Waals surface area contributed by atoms with Crippen LogP contribution in [-0.2, 0) is 10.8 Å². The van der Waals surface area contributed by atoms with Crippen molar-refractivity contribution in [2.45, 2.75) is 6.42 Å². The average molecular weight is 258 g/mol. The van der Waals surface area contributed by atoms with E-state index in [1.165, 1.54) is 12.1 Å². The van der Waals surface area contributed by atoms with Crippen LogP contribution in [0.1, 0.15) is 6.42 Å². The molecule has 0 fully saturated rings. The molecule has 0 aliphatic carbocycles. The van der Waals surface area contributed by atoms with Crippen LogP contribution in [0.2, 0.25) is 0 Å². The normalized spacial score (nSPS) is 12.1. The number of hydrogen-bond donors (Lipinski definition) is 2. The van der Waals surface area contributed by atoms with E-state index >= 15 is 0 Å². The van der Waals surface area contributed by atoms with E-state index in [9.17, 15) is 14.3 Å². The largest absolute Gasteiger partial charge is 0.378 e. The molecule has 1 atom stereocenters. The molecule has 1 rings (SSSR count). The van der Waals surface area contributed by atoms with Crippen molar-refractivity contribution in [1.82, 2.24) is 4.98 Å². The SMILES string of the molecule is CS(=O)CCCNc1ccc([N+](=O)[O-])c(N)n1. The van der Waals surface area contributed by atoms with E-state index in [1.54, 1.807) is 6.26 Å². The fraction of sp³-hybridized carbons (Fsp3) is 0.444. The lowest BCUT2D eigenvalue weighted by atomic mass is 10.3. The molecule has 0 saturated heterocycles. The average Bonchev–Trinajstić information content (AvgIpc) is 2.23. The predicted molar refractivity (Wildman–Crippen MR) is 67.3 cm³/mol. The van der Waals surface area contributed by atoms with Gasteiger partial charge in [-0.25, -0.2) is 4.98 Å². The first-order valence-electron chi connectivity index (χ1n) is 4.95. The molecule has 0 bridgehead atoms. The quantitative estimate of drug-likeness (QED) is 0.442. The van der Waals surface area contributed by atoms with Crippen LogP contribution in [0, 0.1) is 10.1 Å². The van der Waals surface area contributed by atoms with Crippen LogP contribution < -0.4 is 11.1 Å². The maximum atomic E-state index is 10.8. The number of pyridine rings is 1. The molecule has 94 valence electrons. The highest BCUT2D eigenvalue weighted by Gasteiger charge is 2.12. The number of rotatable bonds is 6. The molecule has 1 unspecified atom stereocenters. The highest BCUT2D eigenvalue weighted by atomic mass is 32.2. The van der Waals surface area contributed by atoms with Crippen molar-refractivity contribution in [2.75, 3.05) is 29.6 Å². The van der Waals surface area contributed by atoms with Gasteiger partial charge in [-0.3, -0.25) is 14.3 Å². The summed E-state index contributed by atoms with van der Waals surface area (Å²) in [5, 5.41) is 13.5. The summed E-state index contributed by atoms with van der Waals surface area (Å²) in [6.07, 6.45) is 2.38. The molecular formula is C9H14N4O3S. The molecule has 0 saturated carbocycles. The van der Waals surface area contributed by atoms with E-state index in [-0.39, 0.29) is 11.5 Å². The summed E-state index contributed by atoms with van der Waals surface area (Å²) < 4.78 is 10.8. The molecule has 1 heterocycles. The third-order valence-electron chi connectivity index (χ3n) is 2.01. The second-order valence-electron chi connectivity index (χ2n) is 3.42. The molecule has 0 aliphatic heterocycles. The lowest BCUT2D eigenvalue weighted by Crippen LogP contribution is -2.08. The van der Waals surface area contributed by atoms with Gasteiger partial charge >= 0.3 is 5.69 Å². The van der Waals surface area contributed by atoms with Gasteiger partial charge in [0.05, 0.1) is 4.92 Å². The maximum Gasteiger partial charge on any atom is 0.311 e. The molecule has 0 radical (unpaired) electrons. The van der Waals surface area contributed by atoms with Crippen molar-refractivity contribution in [3.05, 3.63) is 22.2 Å². The first kappa shape index (κ1) is 13.4. The van der Waals surface area contributed by atoms with Crippen LogP contribution in [0.15, 0.2) is 12.1 Å². The van der Waals surface area contributed by atoms with Crippen molar-refractivity contribution in [3.8, 4) is 0 Å². The lowest BCUT2D eigenvalue weighted by molar-refractivity contribution is -0.384. The zero-order valence-electron chi connectivity index (χ0n) is 9.38. The van der Waals surface area contributed by atoms with Crippen LogP contribution >= 0.6 is 0 Å². The Bertz CT molecular complexity index is 438. The Morgan fingerprint density at radius 2 is 2.29 bits per heavy atom. The number of nitrogen functional groups attached to an aromatic ring is 1. The number of hydrogen-bond acceptors (Lipinski definition) is 6. The van der Waals surface area contributed by atoms with E-state index < -0.39 is 15.7 Å². The zero-order chi connectivity index (χ0) is 12.8. The van der Waals surface area contributed by atoms with Gasteiger partial charge in [0.25, 0.3) is 0 Å². The van der Waals surface area contributed by atoms with Gasteiger partial charge in [0, 0.05) is 35.4 Å². The maximum absolute atomic E-state index is 10.8. The minimum atomic E-state index is -0.812. The first-order valence-corrected chi connectivity index (χ1v) is 6.68. The molecule has 0 aromatic carbocycles. The Morgan fingerprint density at radius 1 is 1.59 bits per heavy atom. The van der Waals surface area contributed by atoms with Crippen molar-refractivity contribution in [1.29, 1.82) is 0 Å². The van der Waals surface area contributed by atoms with E-state index in [0.717, 1.165) is 6.42 Å². The molecule has 0 spiro atoms. The van der Waals surface area contributed by atoms with Crippen LogP contribution in [0.3, 0.4) is 0 Å². The molecule has 3 N–H and O–H groups in total. The fourth-order valence-corrected chi connectivity index (χ4v) is 1.76. The van der Waals surface area contributed by atoms with Crippen LogP contribution in [0.5, 0.6) is 0 Å². The molecule has 7 nitrogen and oxygen atoms in total. The van der Waals surface area contributed by atoms with Crippen molar-refractivity contribution in [2.24, 2.45) is 0 Å². The van der Waals surface area contributed by atoms with Gasteiger partial charge in [0.1, 0.15) is 5.82 Å². The van der Waals surface area contributed by atoms with Gasteiger partial charge in [-0.05, 0) is 12.5 Å². The van der Waals surface area contributed by atoms with Crippen molar-refractivity contribution in [3.63, 3.8) is 0 Å². The van der Waals surface area contributed by atoms with E-state index in [1.807, 2.05) is 0 Å². The zero-order valence-corrected chi connectivity index (χ0v) is 10.2. The summed E-state index contributed by atoms with van der Waals surface area (Å²) in [5.74, 6) is 0.976. The Labute approximate surface area is 101 Å². The summed E-state index contributed by atoms with van der Waals surface area (Å²) >= 11 is 0. The third-order valence-corrected chi connectivity index (χ3v) is 2.88. The first-order chi connectivity index (χ1) is 8.00. The monoisotopic (exact) mass is 258 g/mol. The smallest absolute Gasteiger partial charge is 0.311 e. The summed E-state index contributed by atoms with van der Waals surface area (Å²) in [5.41, 5.74) is 5.23. The van der Waals surface area contributed by atoms with E-state index in [2.05, 4.69) is 10.3 Å². The Morgan fingerprint density at radius 3 is 2.82 bits per heavy atom. The van der Waals surface area contributed by atoms with Crippen LogP contribution in [0.25, 0.3) is 0 Å². The second-order valence-corrected chi connectivity index (χ2v) is 4.97. The molecule has 8 heteroatoms. The molecule has 1 aromatic rings. The van der Waals surface area contributed by atoms with E-state index in [0.29, 0.717) is 18.1 Å². The Hall–Kier alpha value is -1.70. The standard InChI is InChI=1S/C9H14N4O3S/c1-17(16)6-2-5-11-8-4-3-7(13(14)15)9(10)12-8/h3-4H,2,5-6H2,1H3,(H3,10,11,12). The summed E-state index contributed by atoms with van der Waals surface area (Å²) in [6.45, 7) is 0.601. The minimum Gasteiger partial charge on any atom is -0.378 e. The number of nitro groups is 1. The number of nitrogens with zero attached hydrogens (tertiary/aromatic N) is 2. The Balaban J connectivity index is 2.53. The van der Waals surface area contributed by atoms with Crippen LogP contribution in [0.4, 0.5) is 17.3 Å². The van der Waals surface area contributed by atoms with Gasteiger partial charge in [0.15, 0.2) is 0 Å². The molecule has 1 aromatic heterocycles. The number of aromatic nitrogens is 1. The van der Waals surface area contributed by atoms with E-state index in [4.69, 9.17) is 5.73 Å². The Kier molecular flexibility index (Phi) is 4.83. The van der Waals surface area contributed by atoms with Gasteiger partial charge in [-0.1, -0.05) is 0 Å². The summed E-state index contributed by atoms with van der Waals surface area (Å²) in [7, 11) is -0.812. The number of nitrogens with one attached hydrogen (secondary N) is 1. The molecule has 0 amide bonds. The van der Waals surface area contributed by atoms with Gasteiger partial charge in [0.2, 0.25) is 5.82 Å². The number of nitrogens with two attached hydrogens (primary N) is 1. The topological polar surface area (TPSA) is 111 Å². The van der Waals surface area contributed by atoms with Crippen LogP contribution in [-0.4, -0.2) is 32.7 Å². The van der Waals surface area contributed by atoms with Gasteiger partial charge in [-0.2, -0.15) is 0 Å².